The van der Waals surface area contributed by atoms with E-state index >= 15 is 0 Å². The highest BCUT2D eigenvalue weighted by Crippen LogP contribution is 2.69. The Labute approximate surface area is 179 Å². The van der Waals surface area contributed by atoms with Crippen LogP contribution in [0, 0.1) is 16.7 Å². The van der Waals surface area contributed by atoms with Gasteiger partial charge in [0.25, 0.3) is 0 Å². The number of aliphatic hydroxyl groups excluding tert-OH is 1. The normalized spacial score (nSPS) is 37.5. The Morgan fingerprint density at radius 3 is 2.57 bits per heavy atom. The summed E-state index contributed by atoms with van der Waals surface area (Å²) in [6.07, 6.45) is 4.49. The van der Waals surface area contributed by atoms with Crippen LogP contribution in [-0.4, -0.2) is 48.6 Å². The van der Waals surface area contributed by atoms with Crippen LogP contribution in [0.5, 0.6) is 11.5 Å². The van der Waals surface area contributed by atoms with Crippen molar-refractivity contribution >= 4 is 0 Å². The molecule has 0 radical (unpaired) electrons. The zero-order valence-corrected chi connectivity index (χ0v) is 18.8. The minimum absolute atomic E-state index is 0.0575. The number of alkyl halides is 1. The number of hydrogen-bond acceptors (Lipinski definition) is 4. The van der Waals surface area contributed by atoms with E-state index in [0.717, 1.165) is 43.9 Å². The topological polar surface area (TPSA) is 41.9 Å². The first-order chi connectivity index (χ1) is 14.1. The molecule has 1 saturated heterocycles. The molecule has 1 N–H and O–H groups in total. The van der Waals surface area contributed by atoms with Crippen molar-refractivity contribution in [2.24, 2.45) is 16.7 Å². The van der Waals surface area contributed by atoms with E-state index in [9.17, 15) is 9.50 Å². The largest absolute Gasteiger partial charge is 0.493 e. The molecule has 4 nitrogen and oxygen atoms in total. The van der Waals surface area contributed by atoms with Crippen LogP contribution in [0.3, 0.4) is 0 Å². The third kappa shape index (κ3) is 3.52. The molecule has 2 aliphatic heterocycles. The third-order valence-electron chi connectivity index (χ3n) is 7.86. The molecule has 0 aromatic heterocycles. The van der Waals surface area contributed by atoms with Crippen molar-refractivity contribution in [3.63, 3.8) is 0 Å². The summed E-state index contributed by atoms with van der Waals surface area (Å²) in [5.74, 6) is 1.87. The summed E-state index contributed by atoms with van der Waals surface area (Å²) in [4.78, 5) is 2.55. The van der Waals surface area contributed by atoms with E-state index in [-0.39, 0.29) is 23.0 Å². The van der Waals surface area contributed by atoms with E-state index in [2.05, 4.69) is 37.8 Å². The Hall–Kier alpha value is -1.33. The Kier molecular flexibility index (Phi) is 4.68. The van der Waals surface area contributed by atoms with Gasteiger partial charge in [-0.05, 0) is 73.1 Å². The van der Waals surface area contributed by atoms with Crippen molar-refractivity contribution in [3.05, 3.63) is 23.3 Å². The van der Waals surface area contributed by atoms with Crippen LogP contribution >= 0.6 is 0 Å². The zero-order chi connectivity index (χ0) is 21.3. The molecule has 6 rings (SSSR count). The first kappa shape index (κ1) is 20.6. The first-order valence-corrected chi connectivity index (χ1v) is 11.5. The molecule has 3 aliphatic carbocycles. The molecule has 2 bridgehead atoms. The fourth-order valence-corrected chi connectivity index (χ4v) is 6.60. The summed E-state index contributed by atoms with van der Waals surface area (Å²) >= 11 is 0. The number of benzene rings is 1. The van der Waals surface area contributed by atoms with Gasteiger partial charge in [-0.3, -0.25) is 4.90 Å². The van der Waals surface area contributed by atoms with Gasteiger partial charge in [0.05, 0.1) is 19.8 Å². The van der Waals surface area contributed by atoms with Gasteiger partial charge in [0.2, 0.25) is 0 Å². The molecule has 30 heavy (non-hydrogen) atoms. The van der Waals surface area contributed by atoms with Crippen LogP contribution < -0.4 is 9.47 Å². The van der Waals surface area contributed by atoms with Crippen LogP contribution in [-0.2, 0) is 6.42 Å². The van der Waals surface area contributed by atoms with Crippen molar-refractivity contribution in [1.29, 1.82) is 0 Å². The Balaban J connectivity index is 1.32. The van der Waals surface area contributed by atoms with Gasteiger partial charge >= 0.3 is 0 Å². The van der Waals surface area contributed by atoms with Gasteiger partial charge in [0.1, 0.15) is 5.67 Å². The lowest BCUT2D eigenvalue weighted by Crippen LogP contribution is -2.66. The average molecular weight is 418 g/mol. The van der Waals surface area contributed by atoms with E-state index in [4.69, 9.17) is 9.47 Å². The number of halogens is 1. The molecule has 5 heteroatoms. The molecule has 1 aromatic carbocycles. The zero-order valence-electron chi connectivity index (χ0n) is 18.8. The number of fused-ring (bicyclic) bond motifs is 3. The second kappa shape index (κ2) is 6.83. The Morgan fingerprint density at radius 2 is 1.93 bits per heavy atom. The molecule has 166 valence electrons. The van der Waals surface area contributed by atoms with E-state index in [0.29, 0.717) is 31.8 Å². The molecule has 3 atom stereocenters. The summed E-state index contributed by atoms with van der Waals surface area (Å²) in [5, 5.41) is 10.9. The monoisotopic (exact) mass is 417 g/mol. The SMILES string of the molecule is COc1cc2c(cc1OCC13CC(F)(C1)C3)CCN1C[C@@H](CC(C)(C)C)[C@H](O)CC21. The lowest BCUT2D eigenvalue weighted by Gasteiger charge is -2.65. The standard InChI is InChI=1S/C25H36FNO3/c1-23(2,3)10-17-11-27-6-5-16-7-22(30-15-24-12-25(26,13-24)14-24)21(29-4)8-18(16)19(27)9-20(17)28/h7-8,17,19-20,28H,5-6,9-15H2,1-4H3/t17-,19?,20-,24?,25?/m1/s1. The fourth-order valence-electron chi connectivity index (χ4n) is 6.60. The number of aliphatic hydroxyl groups is 1. The smallest absolute Gasteiger partial charge is 0.161 e. The predicted octanol–water partition coefficient (Wildman–Crippen LogP) is 4.68. The lowest BCUT2D eigenvalue weighted by molar-refractivity contribution is -0.226. The second-order valence-electron chi connectivity index (χ2n) is 11.8. The quantitative estimate of drug-likeness (QED) is 0.755. The average Bonchev–Trinajstić information content (AvgIpc) is 2.62. The number of methoxy groups -OCH3 is 1. The van der Waals surface area contributed by atoms with Crippen molar-refractivity contribution in [3.8, 4) is 11.5 Å². The highest BCUT2D eigenvalue weighted by atomic mass is 19.1. The fraction of sp³-hybridized carbons (Fsp3) is 0.760. The van der Waals surface area contributed by atoms with Crippen LogP contribution in [0.15, 0.2) is 12.1 Å². The highest BCUT2D eigenvalue weighted by molar-refractivity contribution is 5.50. The number of hydrogen-bond donors (Lipinski definition) is 1. The molecular weight excluding hydrogens is 381 g/mol. The molecule has 1 unspecified atom stereocenters. The minimum Gasteiger partial charge on any atom is -0.493 e. The van der Waals surface area contributed by atoms with Crippen molar-refractivity contribution in [2.45, 2.75) is 77.1 Å². The molecule has 3 saturated carbocycles. The van der Waals surface area contributed by atoms with Gasteiger partial charge < -0.3 is 14.6 Å². The van der Waals surface area contributed by atoms with E-state index in [1.165, 1.54) is 11.1 Å². The van der Waals surface area contributed by atoms with E-state index in [1.807, 2.05) is 0 Å². The van der Waals surface area contributed by atoms with Gasteiger partial charge in [0, 0.05) is 24.5 Å². The number of nitrogens with zero attached hydrogens (tertiary/aromatic N) is 1. The van der Waals surface area contributed by atoms with Gasteiger partial charge in [-0.1, -0.05) is 20.8 Å². The molecule has 0 spiro atoms. The van der Waals surface area contributed by atoms with Crippen LogP contribution in [0.4, 0.5) is 4.39 Å². The number of ether oxygens (including phenoxy) is 2. The maximum Gasteiger partial charge on any atom is 0.161 e. The summed E-state index contributed by atoms with van der Waals surface area (Å²) in [7, 11) is 1.68. The third-order valence-corrected chi connectivity index (χ3v) is 7.86. The van der Waals surface area contributed by atoms with Crippen molar-refractivity contribution in [1.82, 2.24) is 4.90 Å². The number of piperidine rings is 1. The molecule has 0 amide bonds. The summed E-state index contributed by atoms with van der Waals surface area (Å²) in [5.41, 5.74) is 1.96. The first-order valence-electron chi connectivity index (χ1n) is 11.5. The summed E-state index contributed by atoms with van der Waals surface area (Å²) in [6.45, 7) is 9.32. The summed E-state index contributed by atoms with van der Waals surface area (Å²) in [6, 6.07) is 4.50. The van der Waals surface area contributed by atoms with Gasteiger partial charge in [-0.2, -0.15) is 0 Å². The highest BCUT2D eigenvalue weighted by Gasteiger charge is 2.69. The lowest BCUT2D eigenvalue weighted by atomic mass is 9.43. The molecular formula is C25H36FNO3. The van der Waals surface area contributed by atoms with Crippen molar-refractivity contribution in [2.75, 3.05) is 26.8 Å². The maximum atomic E-state index is 13.8. The Morgan fingerprint density at radius 1 is 1.20 bits per heavy atom. The second-order valence-corrected chi connectivity index (χ2v) is 11.8. The van der Waals surface area contributed by atoms with Crippen molar-refractivity contribution < 1.29 is 19.0 Å². The summed E-state index contributed by atoms with van der Waals surface area (Å²) < 4.78 is 25.6. The van der Waals surface area contributed by atoms with Crippen LogP contribution in [0.25, 0.3) is 0 Å². The molecule has 1 aromatic rings. The molecule has 5 aliphatic rings. The Bertz CT molecular complexity index is 813. The molecule has 2 heterocycles. The van der Waals surface area contributed by atoms with E-state index < -0.39 is 5.67 Å². The van der Waals surface area contributed by atoms with Gasteiger partial charge in [0.15, 0.2) is 11.5 Å². The maximum absolute atomic E-state index is 13.8. The van der Waals surface area contributed by atoms with Gasteiger partial charge in [-0.25, -0.2) is 4.39 Å². The van der Waals surface area contributed by atoms with Crippen LogP contribution in [0.1, 0.15) is 70.0 Å². The van der Waals surface area contributed by atoms with Gasteiger partial charge in [-0.15, -0.1) is 0 Å². The number of rotatable bonds is 5. The molecule has 4 fully saturated rings. The predicted molar refractivity (Wildman–Crippen MR) is 115 cm³/mol. The van der Waals surface area contributed by atoms with Crippen LogP contribution in [0.2, 0.25) is 0 Å². The van der Waals surface area contributed by atoms with E-state index in [1.54, 1.807) is 7.11 Å². The minimum atomic E-state index is -0.889.